The molecule has 0 amide bonds. The van der Waals surface area contributed by atoms with Gasteiger partial charge in [-0.15, -0.1) is 0 Å². The third-order valence-electron chi connectivity index (χ3n) is 3.79. The molecule has 0 fully saturated rings. The summed E-state index contributed by atoms with van der Waals surface area (Å²) < 4.78 is 0. The van der Waals surface area contributed by atoms with Crippen LogP contribution in [0.2, 0.25) is 0 Å². The van der Waals surface area contributed by atoms with Crippen molar-refractivity contribution in [1.82, 2.24) is 19.9 Å². The number of hydrogen-bond acceptors (Lipinski definition) is 4. The second-order valence-electron chi connectivity index (χ2n) is 5.63. The standard InChI is InChI=1S/C16H18N4O2/c1-9(2)11(8-21)13-12(10-6-4-3-5-7-10)17-14-15(18-13)20-16(22)19-14/h3-7,9,11,21H,8H2,1-2H3,(H2,17,18,19,20,22)/t11-/m1/s1. The lowest BCUT2D eigenvalue weighted by molar-refractivity contribution is 0.235. The van der Waals surface area contributed by atoms with Crippen molar-refractivity contribution in [3.05, 3.63) is 46.5 Å². The zero-order chi connectivity index (χ0) is 15.7. The van der Waals surface area contributed by atoms with Gasteiger partial charge in [-0.3, -0.25) is 9.97 Å². The highest BCUT2D eigenvalue weighted by atomic mass is 16.3. The maximum Gasteiger partial charge on any atom is 0.326 e. The molecule has 0 aliphatic carbocycles. The number of aromatic amines is 2. The van der Waals surface area contributed by atoms with E-state index in [1.54, 1.807) is 0 Å². The van der Waals surface area contributed by atoms with Crippen molar-refractivity contribution in [3.63, 3.8) is 0 Å². The summed E-state index contributed by atoms with van der Waals surface area (Å²) in [5.74, 6) is 0.0513. The molecule has 114 valence electrons. The number of rotatable bonds is 4. The summed E-state index contributed by atoms with van der Waals surface area (Å²) in [6.45, 7) is 4.04. The molecule has 0 aliphatic heterocycles. The quantitative estimate of drug-likeness (QED) is 0.687. The molecule has 1 atom stereocenters. The van der Waals surface area contributed by atoms with Gasteiger partial charge in [0.15, 0.2) is 11.3 Å². The zero-order valence-electron chi connectivity index (χ0n) is 12.5. The molecule has 1 aromatic carbocycles. The number of H-pyrrole nitrogens is 2. The molecule has 0 spiro atoms. The van der Waals surface area contributed by atoms with Gasteiger partial charge in [0.1, 0.15) is 0 Å². The van der Waals surface area contributed by atoms with Crippen LogP contribution in [0.3, 0.4) is 0 Å². The Kier molecular flexibility index (Phi) is 3.77. The van der Waals surface area contributed by atoms with Crippen LogP contribution >= 0.6 is 0 Å². The number of hydrogen-bond donors (Lipinski definition) is 3. The van der Waals surface area contributed by atoms with Crippen molar-refractivity contribution in [2.24, 2.45) is 5.92 Å². The second kappa shape index (κ2) is 5.73. The van der Waals surface area contributed by atoms with Gasteiger partial charge in [-0.25, -0.2) is 14.8 Å². The first kappa shape index (κ1) is 14.5. The Hall–Kier alpha value is -2.47. The fraction of sp³-hybridized carbons (Fsp3) is 0.312. The first-order chi connectivity index (χ1) is 10.6. The van der Waals surface area contributed by atoms with E-state index in [1.807, 2.05) is 44.2 Å². The van der Waals surface area contributed by atoms with E-state index in [0.717, 1.165) is 5.56 Å². The van der Waals surface area contributed by atoms with E-state index < -0.39 is 0 Å². The Bertz CT molecular complexity index is 836. The SMILES string of the molecule is CC(C)[C@@H](CO)c1nc2[nH]c(=O)[nH]c2nc1-c1ccccc1. The summed E-state index contributed by atoms with van der Waals surface area (Å²) in [4.78, 5) is 25.9. The molecular weight excluding hydrogens is 280 g/mol. The lowest BCUT2D eigenvalue weighted by Gasteiger charge is -2.20. The third-order valence-corrected chi connectivity index (χ3v) is 3.79. The van der Waals surface area contributed by atoms with Crippen LogP contribution in [0.1, 0.15) is 25.5 Å². The van der Waals surface area contributed by atoms with Crippen molar-refractivity contribution in [2.75, 3.05) is 6.61 Å². The van der Waals surface area contributed by atoms with Gasteiger partial charge in [0.05, 0.1) is 18.0 Å². The Morgan fingerprint density at radius 3 is 2.32 bits per heavy atom. The van der Waals surface area contributed by atoms with Crippen molar-refractivity contribution in [2.45, 2.75) is 19.8 Å². The zero-order valence-corrected chi connectivity index (χ0v) is 12.5. The van der Waals surface area contributed by atoms with Gasteiger partial charge < -0.3 is 5.11 Å². The predicted octanol–water partition coefficient (Wildman–Crippen LogP) is 2.05. The van der Waals surface area contributed by atoms with E-state index in [2.05, 4.69) is 19.9 Å². The van der Waals surface area contributed by atoms with Gasteiger partial charge in [0, 0.05) is 11.5 Å². The number of aliphatic hydroxyl groups excluding tert-OH is 1. The fourth-order valence-corrected chi connectivity index (χ4v) is 2.55. The minimum absolute atomic E-state index is 0.0215. The van der Waals surface area contributed by atoms with Crippen molar-refractivity contribution >= 4 is 11.3 Å². The Morgan fingerprint density at radius 1 is 1.09 bits per heavy atom. The van der Waals surface area contributed by atoms with Crippen LogP contribution < -0.4 is 5.69 Å². The van der Waals surface area contributed by atoms with Gasteiger partial charge in [0.25, 0.3) is 0 Å². The van der Waals surface area contributed by atoms with Crippen LogP contribution in [-0.2, 0) is 0 Å². The van der Waals surface area contributed by atoms with Crippen molar-refractivity contribution < 1.29 is 5.11 Å². The number of aliphatic hydroxyl groups is 1. The topological polar surface area (TPSA) is 94.7 Å². The third kappa shape index (κ3) is 2.53. The molecule has 0 saturated carbocycles. The largest absolute Gasteiger partial charge is 0.396 e. The molecule has 3 N–H and O–H groups in total. The molecule has 2 heterocycles. The van der Waals surface area contributed by atoms with Crippen LogP contribution in [0.5, 0.6) is 0 Å². The number of fused-ring (bicyclic) bond motifs is 1. The average molecular weight is 298 g/mol. The molecule has 0 saturated heterocycles. The summed E-state index contributed by atoms with van der Waals surface area (Å²) in [5.41, 5.74) is 2.80. The highest BCUT2D eigenvalue weighted by Crippen LogP contribution is 2.31. The van der Waals surface area contributed by atoms with E-state index in [4.69, 9.17) is 0 Å². The minimum atomic E-state index is -0.337. The van der Waals surface area contributed by atoms with Gasteiger partial charge >= 0.3 is 5.69 Å². The molecule has 3 aromatic rings. The van der Waals surface area contributed by atoms with E-state index in [9.17, 15) is 9.90 Å². The Labute approximate surface area is 127 Å². The highest BCUT2D eigenvalue weighted by Gasteiger charge is 2.23. The monoisotopic (exact) mass is 298 g/mol. The van der Waals surface area contributed by atoms with Gasteiger partial charge in [-0.05, 0) is 5.92 Å². The van der Waals surface area contributed by atoms with E-state index in [1.165, 1.54) is 0 Å². The molecule has 2 aromatic heterocycles. The molecule has 6 nitrogen and oxygen atoms in total. The Balaban J connectivity index is 2.29. The predicted molar refractivity (Wildman–Crippen MR) is 84.6 cm³/mol. The Morgan fingerprint density at radius 2 is 1.73 bits per heavy atom. The molecule has 0 radical (unpaired) electrons. The number of benzene rings is 1. The normalized spacial score (nSPS) is 12.9. The van der Waals surface area contributed by atoms with Crippen LogP contribution in [0, 0.1) is 5.92 Å². The summed E-state index contributed by atoms with van der Waals surface area (Å²) in [7, 11) is 0. The molecule has 0 unspecified atom stereocenters. The molecule has 0 bridgehead atoms. The van der Waals surface area contributed by atoms with Crippen molar-refractivity contribution in [3.8, 4) is 11.3 Å². The number of nitrogens with zero attached hydrogens (tertiary/aromatic N) is 2. The first-order valence-corrected chi connectivity index (χ1v) is 7.26. The van der Waals surface area contributed by atoms with E-state index in [-0.39, 0.29) is 24.1 Å². The maximum absolute atomic E-state index is 11.5. The number of imidazole rings is 1. The summed E-state index contributed by atoms with van der Waals surface area (Å²) in [5, 5.41) is 9.75. The number of nitrogens with one attached hydrogen (secondary N) is 2. The minimum Gasteiger partial charge on any atom is -0.396 e. The molecule has 3 rings (SSSR count). The smallest absolute Gasteiger partial charge is 0.326 e. The molecule has 0 aliphatic rings. The molecule has 22 heavy (non-hydrogen) atoms. The summed E-state index contributed by atoms with van der Waals surface area (Å²) in [6.07, 6.45) is 0. The van der Waals surface area contributed by atoms with E-state index in [0.29, 0.717) is 22.7 Å². The number of aromatic nitrogens is 4. The molecular formula is C16H18N4O2. The van der Waals surface area contributed by atoms with Gasteiger partial charge in [-0.1, -0.05) is 44.2 Å². The fourth-order valence-electron chi connectivity index (χ4n) is 2.55. The van der Waals surface area contributed by atoms with Gasteiger partial charge in [0.2, 0.25) is 0 Å². The average Bonchev–Trinajstić information content (AvgIpc) is 2.87. The maximum atomic E-state index is 11.5. The van der Waals surface area contributed by atoms with Crippen LogP contribution in [0.4, 0.5) is 0 Å². The lowest BCUT2D eigenvalue weighted by Crippen LogP contribution is -2.15. The van der Waals surface area contributed by atoms with Crippen LogP contribution in [0.25, 0.3) is 22.6 Å². The van der Waals surface area contributed by atoms with Crippen LogP contribution in [0.15, 0.2) is 35.1 Å². The van der Waals surface area contributed by atoms with Crippen molar-refractivity contribution in [1.29, 1.82) is 0 Å². The van der Waals surface area contributed by atoms with Gasteiger partial charge in [-0.2, -0.15) is 0 Å². The first-order valence-electron chi connectivity index (χ1n) is 7.26. The summed E-state index contributed by atoms with van der Waals surface area (Å²) >= 11 is 0. The highest BCUT2D eigenvalue weighted by molar-refractivity contribution is 5.72. The lowest BCUT2D eigenvalue weighted by atomic mass is 9.90. The molecule has 6 heteroatoms. The van der Waals surface area contributed by atoms with E-state index >= 15 is 0 Å². The summed E-state index contributed by atoms with van der Waals surface area (Å²) in [6, 6.07) is 9.67. The second-order valence-corrected chi connectivity index (χ2v) is 5.63. The van der Waals surface area contributed by atoms with Crippen LogP contribution in [-0.4, -0.2) is 31.6 Å².